The lowest BCUT2D eigenvalue weighted by atomic mass is 10.2. The maximum absolute atomic E-state index is 9.76. The molecule has 94 valence electrons. The Balaban J connectivity index is 2.14. The fourth-order valence-electron chi connectivity index (χ4n) is 2.19. The monoisotopic (exact) mass is 256 g/mol. The van der Waals surface area contributed by atoms with Crippen LogP contribution in [0.25, 0.3) is 0 Å². The average Bonchev–Trinajstić information content (AvgIpc) is 2.59. The van der Waals surface area contributed by atoms with Crippen LogP contribution in [-0.4, -0.2) is 59.3 Å². The minimum atomic E-state index is -0.306. The molecule has 1 saturated heterocycles. The molecule has 0 saturated carbocycles. The second-order valence-electron chi connectivity index (χ2n) is 4.66. The number of likely N-dealkylation sites (N-methyl/N-ethyl adjacent to an activating group) is 1. The molecule has 0 aromatic carbocycles. The number of aliphatic hydroxyl groups excluding tert-OH is 1. The molecule has 1 N–H and O–H groups in total. The molecule has 5 nitrogen and oxygen atoms in total. The first kappa shape index (κ1) is 12.5. The van der Waals surface area contributed by atoms with Gasteiger partial charge in [-0.05, 0) is 20.5 Å². The number of hydrogen-bond acceptors (Lipinski definition) is 5. The average molecular weight is 257 g/mol. The van der Waals surface area contributed by atoms with E-state index in [-0.39, 0.29) is 12.1 Å². The van der Waals surface area contributed by atoms with E-state index in [1.54, 1.807) is 12.4 Å². The highest BCUT2D eigenvalue weighted by Crippen LogP contribution is 2.23. The van der Waals surface area contributed by atoms with Gasteiger partial charge >= 0.3 is 0 Å². The van der Waals surface area contributed by atoms with E-state index < -0.39 is 0 Å². The lowest BCUT2D eigenvalue weighted by Gasteiger charge is -2.26. The minimum absolute atomic E-state index is 0.251. The zero-order chi connectivity index (χ0) is 12.4. The maximum Gasteiger partial charge on any atom is 0.225 e. The molecule has 1 aromatic heterocycles. The van der Waals surface area contributed by atoms with E-state index in [2.05, 4.69) is 14.9 Å². The summed E-state index contributed by atoms with van der Waals surface area (Å²) >= 11 is 5.77. The Hall–Kier alpha value is -0.910. The highest BCUT2D eigenvalue weighted by Gasteiger charge is 2.32. The van der Waals surface area contributed by atoms with Crippen LogP contribution in [0.1, 0.15) is 6.42 Å². The van der Waals surface area contributed by atoms with E-state index in [1.165, 1.54) is 0 Å². The van der Waals surface area contributed by atoms with Crippen molar-refractivity contribution in [2.75, 3.05) is 32.1 Å². The van der Waals surface area contributed by atoms with Crippen molar-refractivity contribution in [1.29, 1.82) is 0 Å². The van der Waals surface area contributed by atoms with Crippen molar-refractivity contribution in [3.8, 4) is 0 Å². The molecule has 2 atom stereocenters. The van der Waals surface area contributed by atoms with Gasteiger partial charge < -0.3 is 14.9 Å². The van der Waals surface area contributed by atoms with Crippen LogP contribution >= 0.6 is 11.6 Å². The van der Waals surface area contributed by atoms with Gasteiger partial charge in [-0.1, -0.05) is 11.6 Å². The van der Waals surface area contributed by atoms with Gasteiger partial charge in [-0.25, -0.2) is 9.97 Å². The molecule has 0 bridgehead atoms. The topological polar surface area (TPSA) is 52.5 Å². The Morgan fingerprint density at radius 1 is 1.47 bits per heavy atom. The number of aromatic nitrogens is 2. The van der Waals surface area contributed by atoms with Crippen LogP contribution < -0.4 is 4.90 Å². The summed E-state index contributed by atoms with van der Waals surface area (Å²) in [5, 5.41) is 10.3. The third-order valence-electron chi connectivity index (χ3n) is 2.83. The number of nitrogens with zero attached hydrogens (tertiary/aromatic N) is 4. The van der Waals surface area contributed by atoms with Crippen LogP contribution in [0.5, 0.6) is 0 Å². The summed E-state index contributed by atoms with van der Waals surface area (Å²) in [5.74, 6) is 0.637. The Kier molecular flexibility index (Phi) is 3.81. The van der Waals surface area contributed by atoms with Gasteiger partial charge in [0.15, 0.2) is 0 Å². The van der Waals surface area contributed by atoms with Crippen molar-refractivity contribution in [3.63, 3.8) is 0 Å². The number of aliphatic hydroxyl groups is 1. The van der Waals surface area contributed by atoms with Crippen molar-refractivity contribution in [1.82, 2.24) is 14.9 Å². The summed E-state index contributed by atoms with van der Waals surface area (Å²) < 4.78 is 0. The van der Waals surface area contributed by atoms with E-state index in [4.69, 9.17) is 11.6 Å². The fraction of sp³-hybridized carbons (Fsp3) is 0.636. The molecule has 1 aromatic rings. The Labute approximate surface area is 106 Å². The number of rotatable bonds is 3. The van der Waals surface area contributed by atoms with E-state index in [1.807, 2.05) is 19.0 Å². The maximum atomic E-state index is 9.76. The first-order chi connectivity index (χ1) is 8.06. The Morgan fingerprint density at radius 3 is 2.71 bits per heavy atom. The lowest BCUT2D eigenvalue weighted by molar-refractivity contribution is 0.191. The molecule has 0 spiro atoms. The van der Waals surface area contributed by atoms with Crippen LogP contribution in [-0.2, 0) is 0 Å². The van der Waals surface area contributed by atoms with Crippen molar-refractivity contribution < 1.29 is 5.11 Å². The fourth-order valence-corrected chi connectivity index (χ4v) is 2.28. The third-order valence-corrected chi connectivity index (χ3v) is 3.03. The molecule has 0 amide bonds. The van der Waals surface area contributed by atoms with Crippen LogP contribution in [0, 0.1) is 0 Å². The second kappa shape index (κ2) is 5.16. The highest BCUT2D eigenvalue weighted by atomic mass is 35.5. The molecular weight excluding hydrogens is 240 g/mol. The Bertz CT molecular complexity index is 370. The molecule has 17 heavy (non-hydrogen) atoms. The number of hydrogen-bond donors (Lipinski definition) is 1. The largest absolute Gasteiger partial charge is 0.391 e. The van der Waals surface area contributed by atoms with E-state index in [9.17, 15) is 5.11 Å². The van der Waals surface area contributed by atoms with Gasteiger partial charge in [0.05, 0.1) is 23.5 Å². The number of anilines is 1. The molecule has 2 unspecified atom stereocenters. The lowest BCUT2D eigenvalue weighted by Crippen LogP contribution is -2.38. The van der Waals surface area contributed by atoms with Gasteiger partial charge in [0.25, 0.3) is 0 Å². The van der Waals surface area contributed by atoms with Gasteiger partial charge in [0.1, 0.15) is 0 Å². The predicted octanol–water partition coefficient (Wildman–Crippen LogP) is 0.631. The Morgan fingerprint density at radius 2 is 2.12 bits per heavy atom. The molecule has 1 aliphatic heterocycles. The van der Waals surface area contributed by atoms with E-state index in [0.717, 1.165) is 13.0 Å². The zero-order valence-corrected chi connectivity index (χ0v) is 10.8. The smallest absolute Gasteiger partial charge is 0.225 e. The standard InChI is InChI=1S/C11H17ClN4O/c1-15(2)6-9-3-10(17)7-16(9)11-13-4-8(12)5-14-11/h4-5,9-10,17H,3,6-7H2,1-2H3. The molecule has 0 aliphatic carbocycles. The normalized spacial score (nSPS) is 24.6. The SMILES string of the molecule is CN(C)CC1CC(O)CN1c1ncc(Cl)cn1. The molecule has 6 heteroatoms. The molecule has 2 rings (SSSR count). The molecular formula is C11H17ClN4O. The molecule has 1 aliphatic rings. The molecule has 1 fully saturated rings. The van der Waals surface area contributed by atoms with Gasteiger partial charge in [-0.3, -0.25) is 0 Å². The van der Waals surface area contributed by atoms with Gasteiger partial charge in [-0.2, -0.15) is 0 Å². The number of halogens is 1. The van der Waals surface area contributed by atoms with Crippen molar-refractivity contribution in [3.05, 3.63) is 17.4 Å². The van der Waals surface area contributed by atoms with Gasteiger partial charge in [0.2, 0.25) is 5.95 Å². The number of β-amino-alcohol motifs (C(OH)–C–C–N with tert-alkyl or cyclic N) is 1. The van der Waals surface area contributed by atoms with Crippen molar-refractivity contribution in [2.45, 2.75) is 18.6 Å². The highest BCUT2D eigenvalue weighted by molar-refractivity contribution is 6.30. The summed E-state index contributed by atoms with van der Waals surface area (Å²) in [6.45, 7) is 1.46. The van der Waals surface area contributed by atoms with Crippen molar-refractivity contribution >= 4 is 17.5 Å². The van der Waals surface area contributed by atoms with Crippen LogP contribution in [0.15, 0.2) is 12.4 Å². The first-order valence-electron chi connectivity index (χ1n) is 5.63. The summed E-state index contributed by atoms with van der Waals surface area (Å²) in [6, 6.07) is 0.251. The summed E-state index contributed by atoms with van der Waals surface area (Å²) in [5.41, 5.74) is 0. The van der Waals surface area contributed by atoms with Crippen molar-refractivity contribution in [2.24, 2.45) is 0 Å². The van der Waals surface area contributed by atoms with Gasteiger partial charge in [0, 0.05) is 19.1 Å². The zero-order valence-electron chi connectivity index (χ0n) is 10.0. The third kappa shape index (κ3) is 3.06. The summed E-state index contributed by atoms with van der Waals surface area (Å²) in [4.78, 5) is 12.6. The van der Waals surface area contributed by atoms with E-state index >= 15 is 0 Å². The van der Waals surface area contributed by atoms with Crippen LogP contribution in [0.4, 0.5) is 5.95 Å². The second-order valence-corrected chi connectivity index (χ2v) is 5.10. The van der Waals surface area contributed by atoms with Crippen LogP contribution in [0.2, 0.25) is 5.02 Å². The summed E-state index contributed by atoms with van der Waals surface area (Å²) in [7, 11) is 4.04. The molecule has 0 radical (unpaired) electrons. The molecule has 2 heterocycles. The van der Waals surface area contributed by atoms with Gasteiger partial charge in [-0.15, -0.1) is 0 Å². The summed E-state index contributed by atoms with van der Waals surface area (Å²) in [6.07, 6.45) is 3.62. The predicted molar refractivity (Wildman–Crippen MR) is 67.4 cm³/mol. The van der Waals surface area contributed by atoms with E-state index in [0.29, 0.717) is 17.5 Å². The first-order valence-corrected chi connectivity index (χ1v) is 6.01. The minimum Gasteiger partial charge on any atom is -0.391 e. The van der Waals surface area contributed by atoms with Crippen LogP contribution in [0.3, 0.4) is 0 Å². The quantitative estimate of drug-likeness (QED) is 0.860.